The van der Waals surface area contributed by atoms with E-state index < -0.39 is 0 Å². The van der Waals surface area contributed by atoms with Gasteiger partial charge in [-0.25, -0.2) is 0 Å². The molecule has 1 aliphatic heterocycles. The molecule has 1 aliphatic rings. The molecule has 0 aliphatic carbocycles. The molecule has 1 fully saturated rings. The maximum Gasteiger partial charge on any atom is 0.0585 e. The van der Waals surface area contributed by atoms with Gasteiger partial charge in [0.05, 0.1) is 13.2 Å². The van der Waals surface area contributed by atoms with Crippen LogP contribution >= 0.6 is 0 Å². The molecule has 0 saturated carbocycles. The molecule has 1 N–H and O–H groups in total. The molecule has 1 heterocycles. The van der Waals surface area contributed by atoms with Crippen molar-refractivity contribution in [1.82, 2.24) is 5.32 Å². The molecule has 0 unspecified atom stereocenters. The molecule has 1 saturated heterocycles. The zero-order valence-electron chi connectivity index (χ0n) is 11.5. The number of hydrogen-bond donors (Lipinski definition) is 1. The minimum Gasteiger partial charge on any atom is -0.379 e. The number of ether oxygens (including phenoxy) is 1. The highest BCUT2D eigenvalue weighted by Gasteiger charge is 2.39. The quantitative estimate of drug-likeness (QED) is 0.829. The van der Waals surface area contributed by atoms with Crippen molar-refractivity contribution >= 4 is 10.8 Å². The van der Waals surface area contributed by atoms with Gasteiger partial charge in [-0.05, 0) is 42.8 Å². The Morgan fingerprint density at radius 2 is 1.89 bits per heavy atom. The van der Waals surface area contributed by atoms with Crippen LogP contribution in [0.3, 0.4) is 0 Å². The highest BCUT2D eigenvalue weighted by Crippen LogP contribution is 2.37. The van der Waals surface area contributed by atoms with Gasteiger partial charge in [0, 0.05) is 5.41 Å². The lowest BCUT2D eigenvalue weighted by Crippen LogP contribution is -2.47. The standard InChI is InChI=1S/C17H21NO/c1-18-10-4-9-17(12-19-13-17)16-8-7-14-5-2-3-6-15(14)11-16/h2-3,5-8,11,18H,4,9-10,12-13H2,1H3. The summed E-state index contributed by atoms with van der Waals surface area (Å²) in [5.74, 6) is 0. The van der Waals surface area contributed by atoms with Crippen molar-refractivity contribution in [3.63, 3.8) is 0 Å². The van der Waals surface area contributed by atoms with Crippen LogP contribution in [0.1, 0.15) is 18.4 Å². The Morgan fingerprint density at radius 3 is 2.58 bits per heavy atom. The second kappa shape index (κ2) is 5.32. The van der Waals surface area contributed by atoms with Crippen molar-refractivity contribution in [2.24, 2.45) is 0 Å². The second-order valence-electron chi connectivity index (χ2n) is 5.54. The molecular weight excluding hydrogens is 234 g/mol. The Bertz CT molecular complexity index is 560. The van der Waals surface area contributed by atoms with Crippen LogP contribution in [0.2, 0.25) is 0 Å². The fraction of sp³-hybridized carbons (Fsp3) is 0.412. The van der Waals surface area contributed by atoms with Crippen LogP contribution in [0.4, 0.5) is 0 Å². The third-order valence-corrected chi connectivity index (χ3v) is 4.20. The molecule has 0 bridgehead atoms. The average molecular weight is 255 g/mol. The molecule has 100 valence electrons. The van der Waals surface area contributed by atoms with Crippen molar-refractivity contribution in [3.05, 3.63) is 48.0 Å². The number of rotatable bonds is 5. The summed E-state index contributed by atoms with van der Waals surface area (Å²) < 4.78 is 5.51. The Balaban J connectivity index is 1.88. The van der Waals surface area contributed by atoms with Crippen molar-refractivity contribution in [3.8, 4) is 0 Å². The summed E-state index contributed by atoms with van der Waals surface area (Å²) in [6.07, 6.45) is 2.40. The summed E-state index contributed by atoms with van der Waals surface area (Å²) in [7, 11) is 2.01. The minimum absolute atomic E-state index is 0.251. The van der Waals surface area contributed by atoms with Crippen LogP contribution in [0, 0.1) is 0 Å². The molecule has 0 radical (unpaired) electrons. The number of nitrogens with one attached hydrogen (secondary N) is 1. The van der Waals surface area contributed by atoms with Gasteiger partial charge in [0.2, 0.25) is 0 Å². The monoisotopic (exact) mass is 255 g/mol. The first-order chi connectivity index (χ1) is 9.34. The molecule has 19 heavy (non-hydrogen) atoms. The van der Waals surface area contributed by atoms with Gasteiger partial charge in [-0.15, -0.1) is 0 Å². The van der Waals surface area contributed by atoms with Crippen molar-refractivity contribution in [2.45, 2.75) is 18.3 Å². The lowest BCUT2D eigenvalue weighted by molar-refractivity contribution is -0.0650. The van der Waals surface area contributed by atoms with Crippen LogP contribution in [0.15, 0.2) is 42.5 Å². The summed E-state index contributed by atoms with van der Waals surface area (Å²) in [6.45, 7) is 2.82. The normalized spacial score (nSPS) is 17.3. The van der Waals surface area contributed by atoms with Crippen LogP contribution in [-0.4, -0.2) is 26.8 Å². The van der Waals surface area contributed by atoms with Crippen LogP contribution in [0.5, 0.6) is 0 Å². The summed E-state index contributed by atoms with van der Waals surface area (Å²) in [4.78, 5) is 0. The van der Waals surface area contributed by atoms with Gasteiger partial charge < -0.3 is 10.1 Å². The summed E-state index contributed by atoms with van der Waals surface area (Å²) in [5.41, 5.74) is 1.69. The smallest absolute Gasteiger partial charge is 0.0585 e. The molecule has 2 aromatic rings. The largest absolute Gasteiger partial charge is 0.379 e. The van der Waals surface area contributed by atoms with E-state index in [0.717, 1.165) is 19.8 Å². The van der Waals surface area contributed by atoms with E-state index in [9.17, 15) is 0 Å². The molecule has 0 amide bonds. The van der Waals surface area contributed by atoms with Crippen LogP contribution in [0.25, 0.3) is 10.8 Å². The molecular formula is C17H21NO. The fourth-order valence-corrected chi connectivity index (χ4v) is 2.93. The maximum absolute atomic E-state index is 5.51. The molecule has 2 heteroatoms. The Kier molecular flexibility index (Phi) is 3.54. The van der Waals surface area contributed by atoms with Crippen molar-refractivity contribution < 1.29 is 4.74 Å². The van der Waals surface area contributed by atoms with Gasteiger partial charge in [0.25, 0.3) is 0 Å². The molecule has 2 aromatic carbocycles. The lowest BCUT2D eigenvalue weighted by atomic mass is 9.74. The highest BCUT2D eigenvalue weighted by molar-refractivity contribution is 5.83. The van der Waals surface area contributed by atoms with E-state index in [-0.39, 0.29) is 5.41 Å². The van der Waals surface area contributed by atoms with E-state index in [4.69, 9.17) is 4.74 Å². The first-order valence-electron chi connectivity index (χ1n) is 7.06. The van der Waals surface area contributed by atoms with Gasteiger partial charge >= 0.3 is 0 Å². The fourth-order valence-electron chi connectivity index (χ4n) is 2.93. The molecule has 3 rings (SSSR count). The molecule has 0 spiro atoms. The first-order valence-corrected chi connectivity index (χ1v) is 7.06. The Labute approximate surface area is 114 Å². The van der Waals surface area contributed by atoms with E-state index in [2.05, 4.69) is 47.8 Å². The van der Waals surface area contributed by atoms with Crippen molar-refractivity contribution in [1.29, 1.82) is 0 Å². The second-order valence-corrected chi connectivity index (χ2v) is 5.54. The Morgan fingerprint density at radius 1 is 1.11 bits per heavy atom. The van der Waals surface area contributed by atoms with E-state index in [1.165, 1.54) is 29.2 Å². The van der Waals surface area contributed by atoms with E-state index in [1.54, 1.807) is 0 Å². The molecule has 0 atom stereocenters. The third kappa shape index (κ3) is 2.38. The zero-order chi connectivity index (χ0) is 13.1. The lowest BCUT2D eigenvalue weighted by Gasteiger charge is -2.42. The van der Waals surface area contributed by atoms with E-state index in [0.29, 0.717) is 0 Å². The first kappa shape index (κ1) is 12.6. The summed E-state index contributed by atoms with van der Waals surface area (Å²) in [6, 6.07) is 15.4. The Hall–Kier alpha value is -1.38. The highest BCUT2D eigenvalue weighted by atomic mass is 16.5. The van der Waals surface area contributed by atoms with E-state index >= 15 is 0 Å². The molecule has 2 nitrogen and oxygen atoms in total. The topological polar surface area (TPSA) is 21.3 Å². The predicted molar refractivity (Wildman–Crippen MR) is 79.6 cm³/mol. The van der Waals surface area contributed by atoms with Gasteiger partial charge in [-0.2, -0.15) is 0 Å². The van der Waals surface area contributed by atoms with Gasteiger partial charge in [0.15, 0.2) is 0 Å². The van der Waals surface area contributed by atoms with E-state index in [1.807, 2.05) is 7.05 Å². The minimum atomic E-state index is 0.251. The van der Waals surface area contributed by atoms with Gasteiger partial charge in [-0.1, -0.05) is 42.5 Å². The number of hydrogen-bond acceptors (Lipinski definition) is 2. The number of fused-ring (bicyclic) bond motifs is 1. The van der Waals surface area contributed by atoms with Crippen LogP contribution in [-0.2, 0) is 10.2 Å². The van der Waals surface area contributed by atoms with Crippen LogP contribution < -0.4 is 5.32 Å². The SMILES string of the molecule is CNCCCC1(c2ccc3ccccc3c2)COC1. The molecule has 0 aromatic heterocycles. The van der Waals surface area contributed by atoms with Gasteiger partial charge in [-0.3, -0.25) is 0 Å². The summed E-state index contributed by atoms with van der Waals surface area (Å²) >= 11 is 0. The third-order valence-electron chi connectivity index (χ3n) is 4.20. The maximum atomic E-state index is 5.51. The van der Waals surface area contributed by atoms with Crippen molar-refractivity contribution in [2.75, 3.05) is 26.8 Å². The van der Waals surface area contributed by atoms with Gasteiger partial charge in [0.1, 0.15) is 0 Å². The zero-order valence-corrected chi connectivity index (χ0v) is 11.5. The summed E-state index contributed by atoms with van der Waals surface area (Å²) in [5, 5.41) is 5.88. The number of benzene rings is 2. The average Bonchev–Trinajstić information content (AvgIpc) is 2.41. The predicted octanol–water partition coefficient (Wildman–Crippen LogP) is 3.11.